The van der Waals surface area contributed by atoms with E-state index < -0.39 is 39.0 Å². The van der Waals surface area contributed by atoms with Crippen LogP contribution in [0.5, 0.6) is 0 Å². The van der Waals surface area contributed by atoms with Gasteiger partial charge in [-0.15, -0.1) is 0 Å². The second-order valence-corrected chi connectivity index (χ2v) is 6.52. The van der Waals surface area contributed by atoms with E-state index in [-0.39, 0.29) is 63.8 Å². The fourth-order valence-corrected chi connectivity index (χ4v) is 2.88. The molecule has 5 N–H and O–H groups in total. The molecule has 0 spiro atoms. The van der Waals surface area contributed by atoms with Gasteiger partial charge in [0.05, 0.1) is 19.3 Å². The van der Waals surface area contributed by atoms with Crippen molar-refractivity contribution in [3.8, 4) is 0 Å². The van der Waals surface area contributed by atoms with Gasteiger partial charge in [0.1, 0.15) is 29.5 Å². The van der Waals surface area contributed by atoms with Crippen LogP contribution in [-0.4, -0.2) is 124 Å². The van der Waals surface area contributed by atoms with E-state index in [0.717, 1.165) is 0 Å². The van der Waals surface area contributed by atoms with E-state index in [1.165, 1.54) is 17.2 Å². The first-order valence-corrected chi connectivity index (χ1v) is 8.33. The summed E-state index contributed by atoms with van der Waals surface area (Å²) in [5.74, 6) is 0. The Balaban J connectivity index is 0.00000156. The quantitative estimate of drug-likeness (QED) is 0.227. The van der Waals surface area contributed by atoms with Crippen LogP contribution in [0.2, 0.25) is 0 Å². The van der Waals surface area contributed by atoms with Gasteiger partial charge in [-0.3, -0.25) is 9.09 Å². The first-order chi connectivity index (χ1) is 10.8. The van der Waals surface area contributed by atoms with Crippen LogP contribution in [0.25, 0.3) is 11.2 Å². The normalized spacial score (nSPS) is 26.2. The average molecular weight is 410 g/mol. The Morgan fingerprint density at radius 2 is 2.00 bits per heavy atom. The number of hydrogen-bond donors (Lipinski definition) is 5. The number of aliphatic hydroxyl groups is 2. The molecule has 0 bridgehead atoms. The minimum Gasteiger partial charge on any atom is -0.387 e. The summed E-state index contributed by atoms with van der Waals surface area (Å²) >= 11 is 5.03. The number of ether oxygens (including phenoxy) is 1. The Bertz CT molecular complexity index is 829. The number of phosphoric ester groups is 1. The third kappa shape index (κ3) is 5.18. The van der Waals surface area contributed by atoms with Gasteiger partial charge in [-0.2, -0.15) is 0 Å². The second-order valence-electron chi connectivity index (χ2n) is 4.89. The number of fused-ring (bicyclic) bond motifs is 1. The fraction of sp³-hybridized carbons (Fsp3) is 0.500. The third-order valence-electron chi connectivity index (χ3n) is 3.40. The van der Waals surface area contributed by atoms with Crippen LogP contribution in [0.3, 0.4) is 0 Å². The molecule has 1 saturated heterocycles. The Morgan fingerprint density at radius 3 is 2.64 bits per heavy atom. The number of aromatic nitrogens is 4. The molecule has 2 aromatic heterocycles. The van der Waals surface area contributed by atoms with Crippen LogP contribution >= 0.6 is 20.0 Å². The van der Waals surface area contributed by atoms with Gasteiger partial charge >= 0.3 is 7.82 Å². The number of aromatic amines is 1. The molecule has 2 aromatic rings. The van der Waals surface area contributed by atoms with E-state index in [9.17, 15) is 14.8 Å². The molecule has 128 valence electrons. The summed E-state index contributed by atoms with van der Waals surface area (Å²) in [7, 11) is -4.71. The van der Waals surface area contributed by atoms with Gasteiger partial charge in [-0.25, -0.2) is 14.5 Å². The van der Waals surface area contributed by atoms with Gasteiger partial charge in [0.25, 0.3) is 0 Å². The molecule has 0 saturated carbocycles. The predicted octanol–water partition coefficient (Wildman–Crippen LogP) is -1.54. The Morgan fingerprint density at radius 1 is 1.32 bits per heavy atom. The molecule has 0 amide bonds. The predicted molar refractivity (Wildman–Crippen MR) is 88.1 cm³/mol. The van der Waals surface area contributed by atoms with Crippen molar-refractivity contribution in [1.82, 2.24) is 19.5 Å². The summed E-state index contributed by atoms with van der Waals surface area (Å²) in [4.78, 5) is 28.2. The van der Waals surface area contributed by atoms with Gasteiger partial charge in [0.2, 0.25) is 0 Å². The average Bonchev–Trinajstić information content (AvgIpc) is 3.01. The molecule has 1 aliphatic rings. The van der Waals surface area contributed by atoms with E-state index in [4.69, 9.17) is 26.7 Å². The van der Waals surface area contributed by atoms with Crippen molar-refractivity contribution >= 4 is 90.3 Å². The van der Waals surface area contributed by atoms with Gasteiger partial charge in [-0.1, -0.05) is 12.2 Å². The Labute approximate surface area is 190 Å². The number of nitrogens with one attached hydrogen (secondary N) is 1. The molecule has 3 heterocycles. The van der Waals surface area contributed by atoms with Crippen LogP contribution < -0.4 is 0 Å². The molecule has 0 unspecified atom stereocenters. The zero-order valence-electron chi connectivity index (χ0n) is 13.4. The van der Waals surface area contributed by atoms with Crippen LogP contribution in [0.4, 0.5) is 0 Å². The van der Waals surface area contributed by atoms with E-state index in [0.29, 0.717) is 11.2 Å². The number of aliphatic hydroxyl groups excluding tert-OH is 2. The largest absolute Gasteiger partial charge is 0.469 e. The molecule has 3 rings (SSSR count). The maximum Gasteiger partial charge on any atom is 0.469 e. The SMILES string of the molecule is O=P(O)(O)OC[C@H]1O[C@@H](n2cnc3c(=S)nc[nH]c32)[C@H](O)[C@@H]1O.[Na].[Na]. The summed E-state index contributed by atoms with van der Waals surface area (Å²) in [5.41, 5.74) is 0.820. The maximum atomic E-state index is 10.7. The van der Waals surface area contributed by atoms with Crippen molar-refractivity contribution in [2.24, 2.45) is 0 Å². The zero-order chi connectivity index (χ0) is 16.8. The van der Waals surface area contributed by atoms with Crippen LogP contribution in [0, 0.1) is 4.64 Å². The van der Waals surface area contributed by atoms with Crippen LogP contribution in [-0.2, 0) is 13.8 Å². The van der Waals surface area contributed by atoms with E-state index in [2.05, 4.69) is 19.5 Å². The first-order valence-electron chi connectivity index (χ1n) is 6.40. The maximum absolute atomic E-state index is 10.7. The third-order valence-corrected chi connectivity index (χ3v) is 4.18. The molecular weight excluding hydrogens is 397 g/mol. The number of imidazole rings is 1. The summed E-state index contributed by atoms with van der Waals surface area (Å²) in [6.45, 7) is -0.580. The van der Waals surface area contributed by atoms with Gasteiger partial charge < -0.3 is 29.7 Å². The van der Waals surface area contributed by atoms with Crippen LogP contribution in [0.15, 0.2) is 12.7 Å². The van der Waals surface area contributed by atoms with Gasteiger partial charge in [-0.05, 0) is 0 Å². The minimum absolute atomic E-state index is 0. The van der Waals surface area contributed by atoms with Gasteiger partial charge in [0.15, 0.2) is 10.9 Å². The van der Waals surface area contributed by atoms with Crippen molar-refractivity contribution < 1.29 is 33.8 Å². The van der Waals surface area contributed by atoms with E-state index in [1.807, 2.05) is 0 Å². The van der Waals surface area contributed by atoms with Crippen LogP contribution in [0.1, 0.15) is 6.23 Å². The number of nitrogens with zero attached hydrogens (tertiary/aromatic N) is 3. The molecule has 1 fully saturated rings. The summed E-state index contributed by atoms with van der Waals surface area (Å²) in [5, 5.41) is 20.1. The van der Waals surface area contributed by atoms with Crippen molar-refractivity contribution in [3.63, 3.8) is 0 Å². The zero-order valence-corrected chi connectivity index (χ0v) is 19.1. The smallest absolute Gasteiger partial charge is 0.387 e. The standard InChI is InChI=1S/C10H13N4O7PS.2Na/c15-6-4(1-20-22(17,18)19)21-10(7(6)16)14-3-13-5-8(14)11-2-12-9(5)23;;/h2-4,6-7,10,15-16H,1H2,(H,11,12,23)(H2,17,18,19);;/t4-,6-,7-,10-;;/m1../s1. The Kier molecular flexibility index (Phi) is 8.86. The summed E-state index contributed by atoms with van der Waals surface area (Å²) in [6.07, 6.45) is -2.19. The minimum atomic E-state index is -4.71. The molecular formula is C10H13N4Na2O7PS. The Hall–Kier alpha value is 0.760. The molecule has 0 aromatic carbocycles. The first kappa shape index (κ1) is 23.8. The molecule has 25 heavy (non-hydrogen) atoms. The topological polar surface area (TPSA) is 163 Å². The summed E-state index contributed by atoms with van der Waals surface area (Å²) in [6, 6.07) is 0. The number of phosphoric acid groups is 1. The van der Waals surface area contributed by atoms with Crippen molar-refractivity contribution in [2.45, 2.75) is 24.5 Å². The van der Waals surface area contributed by atoms with Crippen molar-refractivity contribution in [2.75, 3.05) is 6.61 Å². The molecule has 4 atom stereocenters. The van der Waals surface area contributed by atoms with Crippen molar-refractivity contribution in [3.05, 3.63) is 17.3 Å². The van der Waals surface area contributed by atoms with Gasteiger partial charge in [0, 0.05) is 59.1 Å². The number of H-pyrrole nitrogens is 1. The molecule has 0 aliphatic carbocycles. The molecule has 2 radical (unpaired) electrons. The number of hydrogen-bond acceptors (Lipinski definition) is 8. The molecule has 1 aliphatic heterocycles. The second kappa shape index (κ2) is 9.30. The molecule has 11 nitrogen and oxygen atoms in total. The fourth-order valence-electron chi connectivity index (χ4n) is 2.33. The van der Waals surface area contributed by atoms with E-state index >= 15 is 0 Å². The van der Waals surface area contributed by atoms with Crippen molar-refractivity contribution in [1.29, 1.82) is 0 Å². The summed E-state index contributed by atoms with van der Waals surface area (Å²) < 4.78 is 22.2. The van der Waals surface area contributed by atoms with E-state index in [1.54, 1.807) is 0 Å². The monoisotopic (exact) mass is 410 g/mol. The number of rotatable bonds is 4. The molecule has 15 heteroatoms.